The molecular formula is C12H17NO. The summed E-state index contributed by atoms with van der Waals surface area (Å²) in [5, 5.41) is 10.0. The molecule has 1 aliphatic heterocycles. The maximum Gasteiger partial charge on any atom is 0.0843 e. The minimum atomic E-state index is -0.736. The summed E-state index contributed by atoms with van der Waals surface area (Å²) < 4.78 is 0. The second-order valence-electron chi connectivity index (χ2n) is 4.60. The number of hydrogen-bond donors (Lipinski definition) is 1. The largest absolute Gasteiger partial charge is 0.386 e. The molecule has 2 heteroatoms. The minimum Gasteiger partial charge on any atom is -0.386 e. The first-order valence-electron chi connectivity index (χ1n) is 5.02. The minimum absolute atomic E-state index is 0.512. The first kappa shape index (κ1) is 9.69. The van der Waals surface area contributed by atoms with E-state index in [0.717, 1.165) is 12.1 Å². The third kappa shape index (κ3) is 1.68. The number of benzene rings is 1. The van der Waals surface area contributed by atoms with Gasteiger partial charge in [-0.15, -0.1) is 0 Å². The van der Waals surface area contributed by atoms with E-state index in [-0.39, 0.29) is 0 Å². The van der Waals surface area contributed by atoms with E-state index in [9.17, 15) is 5.11 Å². The Kier molecular flexibility index (Phi) is 2.13. The lowest BCUT2D eigenvalue weighted by Crippen LogP contribution is -2.18. The zero-order valence-corrected chi connectivity index (χ0v) is 8.99. The molecule has 0 bridgehead atoms. The Labute approximate surface area is 85.2 Å². The van der Waals surface area contributed by atoms with E-state index in [1.807, 2.05) is 32.0 Å². The predicted octanol–water partition coefficient (Wildman–Crippen LogP) is 1.90. The highest BCUT2D eigenvalue weighted by Crippen LogP contribution is 2.37. The van der Waals surface area contributed by atoms with Gasteiger partial charge in [-0.1, -0.05) is 24.3 Å². The third-order valence-electron chi connectivity index (χ3n) is 2.84. The Morgan fingerprint density at radius 3 is 2.43 bits per heavy atom. The van der Waals surface area contributed by atoms with Crippen LogP contribution >= 0.6 is 0 Å². The van der Waals surface area contributed by atoms with Gasteiger partial charge in [0.1, 0.15) is 0 Å². The third-order valence-corrected chi connectivity index (χ3v) is 2.84. The van der Waals surface area contributed by atoms with Gasteiger partial charge >= 0.3 is 0 Å². The molecule has 2 rings (SSSR count). The summed E-state index contributed by atoms with van der Waals surface area (Å²) in [5.41, 5.74) is 1.58. The molecule has 1 aromatic carbocycles. The summed E-state index contributed by atoms with van der Waals surface area (Å²) >= 11 is 0. The van der Waals surface area contributed by atoms with Crippen molar-refractivity contribution in [3.63, 3.8) is 0 Å². The van der Waals surface area contributed by atoms with Gasteiger partial charge in [0.05, 0.1) is 5.60 Å². The smallest absolute Gasteiger partial charge is 0.0843 e. The van der Waals surface area contributed by atoms with E-state index in [4.69, 9.17) is 0 Å². The summed E-state index contributed by atoms with van der Waals surface area (Å²) in [6.45, 7) is 4.79. The van der Waals surface area contributed by atoms with Crippen LogP contribution in [0.15, 0.2) is 24.3 Å². The second kappa shape index (κ2) is 3.07. The lowest BCUT2D eigenvalue weighted by Gasteiger charge is -2.21. The molecular weight excluding hydrogens is 174 g/mol. The first-order valence-corrected chi connectivity index (χ1v) is 5.02. The Morgan fingerprint density at radius 1 is 1.36 bits per heavy atom. The maximum absolute atomic E-state index is 10.0. The first-order chi connectivity index (χ1) is 6.50. The number of aliphatic hydroxyl groups is 1. The summed E-state index contributed by atoms with van der Waals surface area (Å²) in [4.78, 5) is 2.27. The molecule has 1 aliphatic rings. The van der Waals surface area contributed by atoms with Crippen LogP contribution in [-0.4, -0.2) is 23.6 Å². The Hall–Kier alpha value is -0.860. The highest BCUT2D eigenvalue weighted by molar-refractivity contribution is 5.36. The van der Waals surface area contributed by atoms with Gasteiger partial charge in [0.2, 0.25) is 0 Å². The van der Waals surface area contributed by atoms with Gasteiger partial charge in [-0.3, -0.25) is 4.90 Å². The monoisotopic (exact) mass is 191 g/mol. The number of rotatable bonds is 2. The van der Waals surface area contributed by atoms with Crippen molar-refractivity contribution in [1.29, 1.82) is 0 Å². The molecule has 0 radical (unpaired) electrons. The predicted molar refractivity (Wildman–Crippen MR) is 57.1 cm³/mol. The van der Waals surface area contributed by atoms with E-state index < -0.39 is 5.60 Å². The van der Waals surface area contributed by atoms with E-state index in [2.05, 4.69) is 18.0 Å². The van der Waals surface area contributed by atoms with Crippen LogP contribution in [0.4, 0.5) is 0 Å². The second-order valence-corrected chi connectivity index (χ2v) is 4.60. The molecule has 14 heavy (non-hydrogen) atoms. The molecule has 1 saturated heterocycles. The van der Waals surface area contributed by atoms with Crippen molar-refractivity contribution >= 4 is 0 Å². The average Bonchev–Trinajstić information content (AvgIpc) is 2.81. The zero-order chi connectivity index (χ0) is 10.3. The van der Waals surface area contributed by atoms with Crippen molar-refractivity contribution < 1.29 is 5.11 Å². The highest BCUT2D eigenvalue weighted by Gasteiger charge is 2.35. The zero-order valence-electron chi connectivity index (χ0n) is 8.99. The fraction of sp³-hybridized carbons (Fsp3) is 0.500. The van der Waals surface area contributed by atoms with Crippen LogP contribution in [0, 0.1) is 0 Å². The van der Waals surface area contributed by atoms with Crippen LogP contribution in [-0.2, 0) is 5.60 Å². The SMILES string of the molecule is CN1C[C@@H]1c1ccccc1C(C)(C)O. The molecule has 2 nitrogen and oxygen atoms in total. The average molecular weight is 191 g/mol. The van der Waals surface area contributed by atoms with Gasteiger partial charge in [-0.05, 0) is 32.0 Å². The van der Waals surface area contributed by atoms with Crippen molar-refractivity contribution in [2.45, 2.75) is 25.5 Å². The Balaban J connectivity index is 2.39. The van der Waals surface area contributed by atoms with Crippen LogP contribution in [0.3, 0.4) is 0 Å². The van der Waals surface area contributed by atoms with Crippen molar-refractivity contribution in [2.75, 3.05) is 13.6 Å². The summed E-state index contributed by atoms with van der Waals surface area (Å²) in [7, 11) is 2.10. The topological polar surface area (TPSA) is 23.2 Å². The van der Waals surface area contributed by atoms with Gasteiger partial charge < -0.3 is 5.11 Å². The van der Waals surface area contributed by atoms with Crippen molar-refractivity contribution in [3.8, 4) is 0 Å². The van der Waals surface area contributed by atoms with E-state index in [1.54, 1.807) is 0 Å². The molecule has 0 saturated carbocycles. The molecule has 1 unspecified atom stereocenters. The van der Waals surface area contributed by atoms with Crippen LogP contribution in [0.1, 0.15) is 31.0 Å². The molecule has 1 aromatic rings. The van der Waals surface area contributed by atoms with E-state index in [0.29, 0.717) is 6.04 Å². The van der Waals surface area contributed by atoms with Gasteiger partial charge in [0.15, 0.2) is 0 Å². The molecule has 0 spiro atoms. The molecule has 1 heterocycles. The number of nitrogens with zero attached hydrogens (tertiary/aromatic N) is 1. The van der Waals surface area contributed by atoms with Crippen molar-refractivity contribution in [2.24, 2.45) is 0 Å². The van der Waals surface area contributed by atoms with E-state index >= 15 is 0 Å². The summed E-state index contributed by atoms with van der Waals surface area (Å²) in [5.74, 6) is 0. The van der Waals surface area contributed by atoms with Gasteiger partial charge in [-0.2, -0.15) is 0 Å². The molecule has 76 valence electrons. The van der Waals surface area contributed by atoms with Gasteiger partial charge in [0, 0.05) is 12.6 Å². The fourth-order valence-electron chi connectivity index (χ4n) is 1.91. The Bertz CT molecular complexity index is 340. The Morgan fingerprint density at radius 2 is 1.93 bits per heavy atom. The lowest BCUT2D eigenvalue weighted by molar-refractivity contribution is 0.0774. The van der Waals surface area contributed by atoms with Crippen LogP contribution in [0.5, 0.6) is 0 Å². The maximum atomic E-state index is 10.0. The van der Waals surface area contributed by atoms with Crippen molar-refractivity contribution in [1.82, 2.24) is 4.90 Å². The molecule has 0 amide bonds. The van der Waals surface area contributed by atoms with Crippen LogP contribution in [0.2, 0.25) is 0 Å². The number of hydrogen-bond acceptors (Lipinski definition) is 2. The van der Waals surface area contributed by atoms with Crippen LogP contribution in [0.25, 0.3) is 0 Å². The molecule has 2 atom stereocenters. The normalized spacial score (nSPS) is 26.3. The molecule has 0 aromatic heterocycles. The van der Waals surface area contributed by atoms with Gasteiger partial charge in [0.25, 0.3) is 0 Å². The number of likely N-dealkylation sites (N-methyl/N-ethyl adjacent to an activating group) is 1. The molecule has 1 fully saturated rings. The molecule has 1 N–H and O–H groups in total. The quantitative estimate of drug-likeness (QED) is 0.722. The standard InChI is InChI=1S/C12H17NO/c1-12(2,14)10-7-5-4-6-9(10)11-8-13(11)3/h4-7,11,14H,8H2,1-3H3/t11-,13?/m1/s1. The van der Waals surface area contributed by atoms with Crippen LogP contribution < -0.4 is 0 Å². The molecule has 0 aliphatic carbocycles. The summed E-state index contributed by atoms with van der Waals surface area (Å²) in [6, 6.07) is 8.66. The summed E-state index contributed by atoms with van der Waals surface area (Å²) in [6.07, 6.45) is 0. The fourth-order valence-corrected chi connectivity index (χ4v) is 1.91. The van der Waals surface area contributed by atoms with E-state index in [1.165, 1.54) is 5.56 Å². The van der Waals surface area contributed by atoms with Crippen molar-refractivity contribution in [3.05, 3.63) is 35.4 Å². The highest BCUT2D eigenvalue weighted by atomic mass is 16.3. The lowest BCUT2D eigenvalue weighted by atomic mass is 9.92. The van der Waals surface area contributed by atoms with Gasteiger partial charge in [-0.25, -0.2) is 0 Å².